The molecule has 3 heterocycles. The molecule has 0 aliphatic rings. The molecule has 0 unspecified atom stereocenters. The Morgan fingerprint density at radius 1 is 1.21 bits per heavy atom. The number of halogens is 3. The van der Waals surface area contributed by atoms with Gasteiger partial charge in [-0.3, -0.25) is 4.79 Å². The van der Waals surface area contributed by atoms with E-state index in [-0.39, 0.29) is 22.6 Å². The van der Waals surface area contributed by atoms with E-state index < -0.39 is 12.5 Å². The fourth-order valence-electron chi connectivity index (χ4n) is 3.87. The van der Waals surface area contributed by atoms with Crippen LogP contribution in [0.3, 0.4) is 0 Å². The fourth-order valence-corrected chi connectivity index (χ4v) is 5.02. The molecule has 2 aromatic carbocycles. The average Bonchev–Trinajstić information content (AvgIpc) is 3.49. The number of rotatable bonds is 8. The van der Waals surface area contributed by atoms with E-state index in [2.05, 4.69) is 20.3 Å². The molecule has 0 radical (unpaired) electrons. The highest BCUT2D eigenvalue weighted by Crippen LogP contribution is 2.43. The van der Waals surface area contributed by atoms with Crippen molar-refractivity contribution in [1.29, 1.82) is 0 Å². The number of nitrogens with zero attached hydrogens (tertiary/aromatic N) is 5. The summed E-state index contributed by atoms with van der Waals surface area (Å²) in [6.07, 6.45) is 4.65. The molecule has 12 heteroatoms. The molecular formula is C26H21ClF2N6O2S. The first-order chi connectivity index (χ1) is 18.3. The third-order valence-corrected chi connectivity index (χ3v) is 6.75. The van der Waals surface area contributed by atoms with Gasteiger partial charge in [0.2, 0.25) is 0 Å². The minimum atomic E-state index is -3.06. The number of carbonyl (C=O) groups excluding carboxylic acids is 1. The number of fused-ring (bicyclic) bond motifs is 1. The zero-order valence-corrected chi connectivity index (χ0v) is 21.8. The van der Waals surface area contributed by atoms with Gasteiger partial charge in [0, 0.05) is 35.1 Å². The zero-order valence-electron chi connectivity index (χ0n) is 20.2. The molecule has 1 N–H and O–H groups in total. The van der Waals surface area contributed by atoms with E-state index in [0.717, 1.165) is 17.7 Å². The van der Waals surface area contributed by atoms with Gasteiger partial charge in [-0.25, -0.2) is 14.5 Å². The molecule has 0 saturated carbocycles. The number of aromatic nitrogens is 4. The van der Waals surface area contributed by atoms with Gasteiger partial charge >= 0.3 is 6.61 Å². The van der Waals surface area contributed by atoms with Crippen molar-refractivity contribution in [2.45, 2.75) is 13.2 Å². The van der Waals surface area contributed by atoms with Gasteiger partial charge in [0.25, 0.3) is 5.91 Å². The lowest BCUT2D eigenvalue weighted by molar-refractivity contribution is -0.0494. The van der Waals surface area contributed by atoms with Crippen LogP contribution in [0.15, 0.2) is 67.1 Å². The van der Waals surface area contributed by atoms with Crippen LogP contribution in [0.5, 0.6) is 5.75 Å². The molecule has 8 nitrogen and oxygen atoms in total. The van der Waals surface area contributed by atoms with Crippen molar-refractivity contribution >= 4 is 39.5 Å². The van der Waals surface area contributed by atoms with E-state index in [1.807, 2.05) is 38.4 Å². The highest BCUT2D eigenvalue weighted by atomic mass is 35.5. The maximum Gasteiger partial charge on any atom is 0.387 e. The van der Waals surface area contributed by atoms with Crippen LogP contribution in [0, 0.1) is 0 Å². The van der Waals surface area contributed by atoms with E-state index in [1.165, 1.54) is 40.2 Å². The standard InChI is InChI=1S/C26H21ClF2N6O2S/c1-34(2)14-15-4-6-16(7-5-15)24-32-21(18-12-17(27)8-9-20(18)37-26(28)29)25(38-24)33-23(36)19-13-31-35-11-3-10-30-22(19)35/h3-13,26H,14H2,1-2H3,(H,33,36). The van der Waals surface area contributed by atoms with Crippen LogP contribution in [0.1, 0.15) is 15.9 Å². The molecule has 194 valence electrons. The predicted octanol–water partition coefficient (Wildman–Crippen LogP) is 6.09. The molecule has 38 heavy (non-hydrogen) atoms. The van der Waals surface area contributed by atoms with Gasteiger partial charge in [0.05, 0.1) is 6.20 Å². The van der Waals surface area contributed by atoms with Crippen LogP contribution in [0.25, 0.3) is 27.5 Å². The summed E-state index contributed by atoms with van der Waals surface area (Å²) in [6.45, 7) is -2.28. The highest BCUT2D eigenvalue weighted by molar-refractivity contribution is 7.19. The monoisotopic (exact) mass is 554 g/mol. The van der Waals surface area contributed by atoms with Gasteiger partial charge in [-0.05, 0) is 43.9 Å². The van der Waals surface area contributed by atoms with Gasteiger partial charge in [-0.1, -0.05) is 47.2 Å². The van der Waals surface area contributed by atoms with E-state index in [4.69, 9.17) is 21.3 Å². The van der Waals surface area contributed by atoms with Gasteiger partial charge in [0.15, 0.2) is 5.65 Å². The lowest BCUT2D eigenvalue weighted by Crippen LogP contribution is -2.12. The van der Waals surface area contributed by atoms with E-state index in [9.17, 15) is 13.6 Å². The van der Waals surface area contributed by atoms with E-state index >= 15 is 0 Å². The summed E-state index contributed by atoms with van der Waals surface area (Å²) < 4.78 is 32.6. The van der Waals surface area contributed by atoms with Gasteiger partial charge in [-0.2, -0.15) is 13.9 Å². The second-order valence-electron chi connectivity index (χ2n) is 8.55. The fraction of sp³-hybridized carbons (Fsp3) is 0.154. The minimum Gasteiger partial charge on any atom is -0.434 e. The van der Waals surface area contributed by atoms with Crippen molar-refractivity contribution in [2.24, 2.45) is 0 Å². The van der Waals surface area contributed by atoms with Crippen LogP contribution >= 0.6 is 22.9 Å². The maximum absolute atomic E-state index is 13.3. The Hall–Kier alpha value is -3.93. The molecule has 5 rings (SSSR count). The molecule has 0 spiro atoms. The first-order valence-electron chi connectivity index (χ1n) is 11.4. The van der Waals surface area contributed by atoms with Crippen LogP contribution in [0.4, 0.5) is 13.8 Å². The predicted molar refractivity (Wildman–Crippen MR) is 143 cm³/mol. The number of amides is 1. The molecular weight excluding hydrogens is 534 g/mol. The molecule has 0 atom stereocenters. The SMILES string of the molecule is CN(C)Cc1ccc(-c2nc(-c3cc(Cl)ccc3OC(F)F)c(NC(=O)c3cnn4cccnc34)s2)cc1. The molecule has 0 fully saturated rings. The Kier molecular flexibility index (Phi) is 7.32. The number of benzene rings is 2. The normalized spacial score (nSPS) is 11.4. The Balaban J connectivity index is 1.58. The van der Waals surface area contributed by atoms with Crippen LogP contribution < -0.4 is 10.1 Å². The number of thiazole rings is 1. The summed E-state index contributed by atoms with van der Waals surface area (Å²) in [5.74, 6) is -0.592. The van der Waals surface area contributed by atoms with Crippen molar-refractivity contribution in [3.05, 3.63) is 83.3 Å². The van der Waals surface area contributed by atoms with Crippen molar-refractivity contribution in [3.8, 4) is 27.6 Å². The van der Waals surface area contributed by atoms with Crippen molar-refractivity contribution in [3.63, 3.8) is 0 Å². The third-order valence-electron chi connectivity index (χ3n) is 5.49. The lowest BCUT2D eigenvalue weighted by Gasteiger charge is -2.11. The highest BCUT2D eigenvalue weighted by Gasteiger charge is 2.23. The Morgan fingerprint density at radius 3 is 2.74 bits per heavy atom. The number of anilines is 1. The molecule has 0 saturated heterocycles. The molecule has 0 aliphatic heterocycles. The Morgan fingerprint density at radius 2 is 2.00 bits per heavy atom. The lowest BCUT2D eigenvalue weighted by atomic mass is 10.1. The first kappa shape index (κ1) is 25.7. The summed E-state index contributed by atoms with van der Waals surface area (Å²) in [4.78, 5) is 24.3. The minimum absolute atomic E-state index is 0.115. The number of nitrogens with one attached hydrogen (secondary N) is 1. The molecule has 0 aliphatic carbocycles. The molecule has 3 aromatic heterocycles. The van der Waals surface area contributed by atoms with Crippen LogP contribution in [-0.2, 0) is 6.54 Å². The molecule has 1 amide bonds. The zero-order chi connectivity index (χ0) is 26.8. The number of carbonyl (C=O) groups is 1. The first-order valence-corrected chi connectivity index (χ1v) is 12.6. The van der Waals surface area contributed by atoms with Crippen molar-refractivity contribution < 1.29 is 18.3 Å². The van der Waals surface area contributed by atoms with Crippen molar-refractivity contribution in [2.75, 3.05) is 19.4 Å². The quantitative estimate of drug-likeness (QED) is 0.250. The number of ether oxygens (including phenoxy) is 1. The van der Waals surface area contributed by atoms with Gasteiger partial charge < -0.3 is 15.0 Å². The number of hydrogen-bond donors (Lipinski definition) is 1. The van der Waals surface area contributed by atoms with Gasteiger partial charge in [-0.15, -0.1) is 0 Å². The van der Waals surface area contributed by atoms with Crippen molar-refractivity contribution in [1.82, 2.24) is 24.5 Å². The largest absolute Gasteiger partial charge is 0.434 e. The summed E-state index contributed by atoms with van der Waals surface area (Å²) in [5.41, 5.74) is 3.01. The molecule has 0 bridgehead atoms. The smallest absolute Gasteiger partial charge is 0.387 e. The Bertz CT molecular complexity index is 1600. The summed E-state index contributed by atoms with van der Waals surface area (Å²) in [6, 6.07) is 13.8. The van der Waals surface area contributed by atoms with Crippen LogP contribution in [-0.4, -0.2) is 51.1 Å². The van der Waals surface area contributed by atoms with Gasteiger partial charge in [0.1, 0.15) is 27.0 Å². The Labute approximate surface area is 225 Å². The second kappa shape index (κ2) is 10.8. The summed E-state index contributed by atoms with van der Waals surface area (Å²) in [7, 11) is 3.97. The topological polar surface area (TPSA) is 84.6 Å². The maximum atomic E-state index is 13.3. The van der Waals surface area contributed by atoms with E-state index in [1.54, 1.807) is 18.5 Å². The summed E-state index contributed by atoms with van der Waals surface area (Å²) in [5, 5.41) is 8.23. The average molecular weight is 555 g/mol. The second-order valence-corrected chi connectivity index (χ2v) is 9.99. The van der Waals surface area contributed by atoms with E-state index in [0.29, 0.717) is 20.7 Å². The third kappa shape index (κ3) is 5.49. The number of hydrogen-bond acceptors (Lipinski definition) is 7. The van der Waals surface area contributed by atoms with Crippen LogP contribution in [0.2, 0.25) is 5.02 Å². The number of alkyl halides is 2. The molecule has 5 aromatic rings. The summed E-state index contributed by atoms with van der Waals surface area (Å²) >= 11 is 7.42.